The van der Waals surface area contributed by atoms with Gasteiger partial charge in [-0.15, -0.1) is 0 Å². The van der Waals surface area contributed by atoms with E-state index in [-0.39, 0.29) is 32.0 Å². The third-order valence-corrected chi connectivity index (χ3v) is 10.5. The highest BCUT2D eigenvalue weighted by Gasteiger charge is 2.27. The fraction of sp³-hybridized carbons (Fsp3) is 0.907. The van der Waals surface area contributed by atoms with Crippen molar-refractivity contribution in [2.24, 2.45) is 0 Å². The minimum absolute atomic E-state index is 0.0292. The van der Waals surface area contributed by atoms with Crippen molar-refractivity contribution in [1.29, 1.82) is 0 Å². The monoisotopic (exact) mass is 775 g/mol. The first-order valence-corrected chi connectivity index (χ1v) is 23.4. The van der Waals surface area contributed by atoms with Crippen LogP contribution in [0.3, 0.4) is 0 Å². The first-order chi connectivity index (χ1) is 25.5. The maximum atomic E-state index is 12.6. The Hall–Kier alpha value is -1.25. The average Bonchev–Trinajstić information content (AvgIpc) is 3.10. The molecule has 0 aromatic rings. The Morgan fingerprint density at radius 2 is 1.00 bits per heavy atom. The SMILES string of the molecule is CCCCCCCCCCCCC/C=C\CCC(=O)OC(COC(=O)CCCCCCCCCCCCCCCC)COP(=O)(O)OCC[N+](C)(C)C. The normalized spacial score (nSPS) is 13.7. The Bertz CT molecular complexity index is 922. The molecule has 9 nitrogen and oxygen atoms in total. The van der Waals surface area contributed by atoms with Crippen molar-refractivity contribution in [3.8, 4) is 0 Å². The fourth-order valence-electron chi connectivity index (χ4n) is 6.09. The number of hydrogen-bond acceptors (Lipinski definition) is 7. The van der Waals surface area contributed by atoms with Crippen molar-refractivity contribution < 1.29 is 42.1 Å². The van der Waals surface area contributed by atoms with Gasteiger partial charge in [0.25, 0.3) is 0 Å². The summed E-state index contributed by atoms with van der Waals surface area (Å²) in [4.78, 5) is 35.3. The van der Waals surface area contributed by atoms with Gasteiger partial charge in [0.15, 0.2) is 6.10 Å². The smallest absolute Gasteiger partial charge is 0.462 e. The van der Waals surface area contributed by atoms with E-state index in [9.17, 15) is 19.0 Å². The van der Waals surface area contributed by atoms with Gasteiger partial charge in [-0.2, -0.15) is 0 Å². The van der Waals surface area contributed by atoms with Crippen molar-refractivity contribution in [3.63, 3.8) is 0 Å². The summed E-state index contributed by atoms with van der Waals surface area (Å²) in [7, 11) is 1.47. The van der Waals surface area contributed by atoms with Gasteiger partial charge in [-0.25, -0.2) is 4.57 Å². The Morgan fingerprint density at radius 1 is 0.566 bits per heavy atom. The molecule has 0 aliphatic carbocycles. The van der Waals surface area contributed by atoms with E-state index < -0.39 is 26.5 Å². The summed E-state index contributed by atoms with van der Waals surface area (Å²) < 4.78 is 34.2. The van der Waals surface area contributed by atoms with E-state index in [1.165, 1.54) is 135 Å². The molecule has 2 atom stereocenters. The summed E-state index contributed by atoms with van der Waals surface area (Å²) in [5.41, 5.74) is 0. The largest absolute Gasteiger partial charge is 0.472 e. The van der Waals surface area contributed by atoms with Gasteiger partial charge in [0, 0.05) is 12.8 Å². The van der Waals surface area contributed by atoms with Crippen LogP contribution in [0.4, 0.5) is 0 Å². The highest BCUT2D eigenvalue weighted by Crippen LogP contribution is 2.43. The maximum absolute atomic E-state index is 12.6. The van der Waals surface area contributed by atoms with Crippen LogP contribution in [0.5, 0.6) is 0 Å². The van der Waals surface area contributed by atoms with Crippen LogP contribution in [0.15, 0.2) is 12.2 Å². The van der Waals surface area contributed by atoms with Gasteiger partial charge >= 0.3 is 19.8 Å². The number of unbranched alkanes of at least 4 members (excludes halogenated alkanes) is 24. The highest BCUT2D eigenvalue weighted by molar-refractivity contribution is 7.47. The number of hydrogen-bond donors (Lipinski definition) is 1. The summed E-state index contributed by atoms with van der Waals surface area (Å²) in [5, 5.41) is 0. The number of esters is 2. The molecule has 0 aromatic heterocycles. The molecule has 0 bridgehead atoms. The molecule has 314 valence electrons. The Labute approximate surface area is 326 Å². The number of nitrogens with zero attached hydrogens (tertiary/aromatic N) is 1. The van der Waals surface area contributed by atoms with E-state index in [4.69, 9.17) is 18.5 Å². The molecule has 0 aromatic carbocycles. The van der Waals surface area contributed by atoms with Gasteiger partial charge in [-0.3, -0.25) is 18.6 Å². The number of carbonyl (C=O) groups excluding carboxylic acids is 2. The molecule has 0 saturated carbocycles. The van der Waals surface area contributed by atoms with Crippen LogP contribution in [0, 0.1) is 0 Å². The number of quaternary nitrogens is 1. The second kappa shape index (κ2) is 36.4. The molecular formula is C43H85NO8P+. The standard InChI is InChI=1S/C43H84NO8P/c1-6-8-10-12-14-16-18-20-22-24-26-28-30-32-34-36-43(46)52-41(40-51-53(47,48)50-38-37-44(3,4)5)39-49-42(45)35-33-31-29-27-25-23-21-19-17-15-13-11-9-7-2/h30,32,41H,6-29,31,33-40H2,1-5H3/p+1/b32-30-. The summed E-state index contributed by atoms with van der Waals surface area (Å²) in [6.07, 6.45) is 36.9. The third kappa shape index (κ3) is 40.2. The molecule has 0 fully saturated rings. The summed E-state index contributed by atoms with van der Waals surface area (Å²) in [6, 6.07) is 0. The van der Waals surface area contributed by atoms with Crippen LogP contribution >= 0.6 is 7.82 Å². The first kappa shape index (κ1) is 51.8. The zero-order chi connectivity index (χ0) is 39.3. The molecule has 0 amide bonds. The quantitative estimate of drug-likeness (QED) is 0.0215. The molecule has 0 aliphatic heterocycles. The van der Waals surface area contributed by atoms with Crippen molar-refractivity contribution in [3.05, 3.63) is 12.2 Å². The van der Waals surface area contributed by atoms with Gasteiger partial charge in [0.05, 0.1) is 27.7 Å². The molecule has 10 heteroatoms. The van der Waals surface area contributed by atoms with Gasteiger partial charge in [0.1, 0.15) is 19.8 Å². The Morgan fingerprint density at radius 3 is 1.47 bits per heavy atom. The molecule has 0 spiro atoms. The van der Waals surface area contributed by atoms with Crippen molar-refractivity contribution in [2.75, 3.05) is 47.5 Å². The molecule has 0 radical (unpaired) electrons. The lowest BCUT2D eigenvalue weighted by Crippen LogP contribution is -2.37. The van der Waals surface area contributed by atoms with Gasteiger partial charge in [-0.05, 0) is 25.7 Å². The number of likely N-dealkylation sites (N-methyl/N-ethyl adjacent to an activating group) is 1. The second-order valence-electron chi connectivity index (χ2n) is 16.1. The van der Waals surface area contributed by atoms with E-state index in [1.807, 2.05) is 27.2 Å². The molecule has 2 unspecified atom stereocenters. The number of phosphoric ester groups is 1. The maximum Gasteiger partial charge on any atom is 0.472 e. The topological polar surface area (TPSA) is 108 Å². The summed E-state index contributed by atoms with van der Waals surface area (Å²) in [6.45, 7) is 4.40. The average molecular weight is 775 g/mol. The van der Waals surface area contributed by atoms with Gasteiger partial charge in [0.2, 0.25) is 0 Å². The number of rotatable bonds is 40. The van der Waals surface area contributed by atoms with E-state index >= 15 is 0 Å². The van der Waals surface area contributed by atoms with E-state index in [2.05, 4.69) is 19.9 Å². The van der Waals surface area contributed by atoms with Crippen LogP contribution < -0.4 is 0 Å². The minimum atomic E-state index is -4.38. The zero-order valence-corrected chi connectivity index (χ0v) is 36.2. The van der Waals surface area contributed by atoms with E-state index in [0.717, 1.165) is 32.1 Å². The fourth-order valence-corrected chi connectivity index (χ4v) is 6.83. The number of phosphoric acid groups is 1. The van der Waals surface area contributed by atoms with Crippen LogP contribution in [0.25, 0.3) is 0 Å². The third-order valence-electron chi connectivity index (χ3n) is 9.56. The molecule has 53 heavy (non-hydrogen) atoms. The first-order valence-electron chi connectivity index (χ1n) is 21.9. The Balaban J connectivity index is 4.38. The predicted octanol–water partition coefficient (Wildman–Crippen LogP) is 12.2. The zero-order valence-electron chi connectivity index (χ0n) is 35.3. The van der Waals surface area contributed by atoms with Crippen molar-refractivity contribution in [2.45, 2.75) is 206 Å². The second-order valence-corrected chi connectivity index (χ2v) is 17.5. The molecule has 0 rings (SSSR count). The predicted molar refractivity (Wildman–Crippen MR) is 220 cm³/mol. The lowest BCUT2D eigenvalue weighted by atomic mass is 10.0. The highest BCUT2D eigenvalue weighted by atomic mass is 31.2. The molecule has 0 heterocycles. The molecule has 0 saturated heterocycles. The van der Waals surface area contributed by atoms with E-state index in [0.29, 0.717) is 17.4 Å². The molecule has 1 N–H and O–H groups in total. The van der Waals surface area contributed by atoms with Gasteiger partial charge < -0.3 is 18.9 Å². The number of carbonyl (C=O) groups is 2. The molecular weight excluding hydrogens is 689 g/mol. The van der Waals surface area contributed by atoms with Crippen LogP contribution in [0.1, 0.15) is 200 Å². The van der Waals surface area contributed by atoms with Crippen molar-refractivity contribution >= 4 is 19.8 Å². The lowest BCUT2D eigenvalue weighted by molar-refractivity contribution is -0.870. The van der Waals surface area contributed by atoms with E-state index in [1.54, 1.807) is 0 Å². The van der Waals surface area contributed by atoms with Crippen LogP contribution in [-0.2, 0) is 32.7 Å². The number of ether oxygens (including phenoxy) is 2. The number of allylic oxidation sites excluding steroid dienone is 2. The van der Waals surface area contributed by atoms with Gasteiger partial charge in [-0.1, -0.05) is 174 Å². The Kier molecular flexibility index (Phi) is 35.5. The van der Waals surface area contributed by atoms with Crippen molar-refractivity contribution in [1.82, 2.24) is 0 Å². The molecule has 0 aliphatic rings. The van der Waals surface area contributed by atoms with Crippen LogP contribution in [-0.4, -0.2) is 74.9 Å². The lowest BCUT2D eigenvalue weighted by Gasteiger charge is -2.24. The summed E-state index contributed by atoms with van der Waals surface area (Å²) in [5.74, 6) is -0.846. The summed E-state index contributed by atoms with van der Waals surface area (Å²) >= 11 is 0. The minimum Gasteiger partial charge on any atom is -0.462 e. The van der Waals surface area contributed by atoms with Crippen LogP contribution in [0.2, 0.25) is 0 Å².